The maximum atomic E-state index is 7.90. The van der Waals surface area contributed by atoms with Crippen LogP contribution in [0.2, 0.25) is 0 Å². The smallest absolute Gasteiger partial charge is 0.334 e. The minimum absolute atomic E-state index is 1.31. The highest BCUT2D eigenvalue weighted by molar-refractivity contribution is 5.52. The molecule has 0 amide bonds. The van der Waals surface area contributed by atoms with E-state index in [1.54, 1.807) is 6.92 Å². The second kappa shape index (κ2) is 3.58. The van der Waals surface area contributed by atoms with Crippen LogP contribution in [-0.2, 0) is 4.84 Å². The summed E-state index contributed by atoms with van der Waals surface area (Å²) in [6.45, 7) is -0.196. The molecule has 0 heterocycles. The van der Waals surface area contributed by atoms with Gasteiger partial charge in [0.2, 0.25) is 0 Å². The zero-order valence-electron chi connectivity index (χ0n) is 3.90. The fourth-order valence-electron chi connectivity index (χ4n) is 0.115. The number of hydrogen-bond acceptors (Lipinski definition) is 4. The molecule has 0 aromatic rings. The monoisotopic (exact) mass is 105 g/mol. The third kappa shape index (κ3) is 5.39. The molecule has 7 heavy (non-hydrogen) atoms. The summed E-state index contributed by atoms with van der Waals surface area (Å²) in [5.41, 5.74) is 0. The van der Waals surface area contributed by atoms with Crippen LogP contribution in [0.15, 0.2) is 5.16 Å². The molecule has 0 saturated carbocycles. The van der Waals surface area contributed by atoms with Gasteiger partial charge in [0, 0.05) is 6.21 Å². The van der Waals surface area contributed by atoms with Crippen LogP contribution in [0.1, 0.15) is 6.92 Å². The third-order valence-electron chi connectivity index (χ3n) is 0.261. The molecule has 0 unspecified atom stereocenters. The molecular formula is C3H7NO3. The highest BCUT2D eigenvalue weighted by Gasteiger charge is 1.88. The Morgan fingerprint density at radius 1 is 1.71 bits per heavy atom. The van der Waals surface area contributed by atoms with Gasteiger partial charge in [0.1, 0.15) is 0 Å². The zero-order valence-corrected chi connectivity index (χ0v) is 3.90. The van der Waals surface area contributed by atoms with Crippen LogP contribution in [0.3, 0.4) is 0 Å². The van der Waals surface area contributed by atoms with Crippen molar-refractivity contribution in [3.05, 3.63) is 0 Å². The number of rotatable bonds is 2. The van der Waals surface area contributed by atoms with Gasteiger partial charge in [-0.25, -0.2) is 0 Å². The van der Waals surface area contributed by atoms with Crippen molar-refractivity contribution in [3.8, 4) is 0 Å². The Balaban J connectivity index is 2.97. The van der Waals surface area contributed by atoms with Crippen LogP contribution in [-0.4, -0.2) is 22.9 Å². The Morgan fingerprint density at radius 3 is 2.43 bits per heavy atom. The lowest BCUT2D eigenvalue weighted by Gasteiger charge is -1.95. The lowest BCUT2D eigenvalue weighted by Crippen LogP contribution is -2.04. The molecule has 0 rings (SSSR count). The van der Waals surface area contributed by atoms with E-state index in [2.05, 4.69) is 9.99 Å². The number of hydrogen-bond donors (Lipinski definition) is 2. The molecule has 0 radical (unpaired) electrons. The van der Waals surface area contributed by atoms with Crippen LogP contribution in [0, 0.1) is 0 Å². The van der Waals surface area contributed by atoms with E-state index >= 15 is 0 Å². The zero-order chi connectivity index (χ0) is 5.70. The fraction of sp³-hybridized carbons (Fsp3) is 0.667. The first-order valence-corrected chi connectivity index (χ1v) is 1.77. The van der Waals surface area contributed by atoms with E-state index in [0.29, 0.717) is 0 Å². The summed E-state index contributed by atoms with van der Waals surface area (Å²) in [6, 6.07) is 0. The maximum absolute atomic E-state index is 7.90. The van der Waals surface area contributed by atoms with Gasteiger partial charge in [0.05, 0.1) is 0 Å². The first-order chi connectivity index (χ1) is 3.27. The number of aliphatic hydroxyl groups excluding tert-OH is 1. The van der Waals surface area contributed by atoms with E-state index in [-0.39, 0.29) is 0 Å². The molecule has 0 spiro atoms. The molecule has 0 saturated heterocycles. The maximum Gasteiger partial charge on any atom is 0.334 e. The van der Waals surface area contributed by atoms with Crippen molar-refractivity contribution in [2.24, 2.45) is 5.16 Å². The van der Waals surface area contributed by atoms with Crippen LogP contribution in [0.25, 0.3) is 0 Å². The van der Waals surface area contributed by atoms with E-state index in [4.69, 9.17) is 10.2 Å². The average Bonchev–Trinajstić information content (AvgIpc) is 1.61. The SMILES string of the molecule is C/C=N/OC(O)O. The van der Waals surface area contributed by atoms with E-state index in [9.17, 15) is 0 Å². The average molecular weight is 105 g/mol. The van der Waals surface area contributed by atoms with Crippen molar-refractivity contribution < 1.29 is 15.1 Å². The van der Waals surface area contributed by atoms with Crippen LogP contribution < -0.4 is 0 Å². The van der Waals surface area contributed by atoms with E-state index in [1.807, 2.05) is 0 Å². The second-order valence-electron chi connectivity index (χ2n) is 0.795. The van der Waals surface area contributed by atoms with Gasteiger partial charge in [-0.3, -0.25) is 0 Å². The Kier molecular flexibility index (Phi) is 3.26. The molecule has 0 aromatic heterocycles. The fourth-order valence-corrected chi connectivity index (χ4v) is 0.115. The normalized spacial score (nSPS) is 10.9. The molecule has 0 aliphatic carbocycles. The van der Waals surface area contributed by atoms with Crippen LogP contribution in [0.4, 0.5) is 0 Å². The largest absolute Gasteiger partial charge is 0.336 e. The van der Waals surface area contributed by atoms with Gasteiger partial charge in [-0.2, -0.15) is 0 Å². The molecule has 4 heteroatoms. The molecule has 0 fully saturated rings. The highest BCUT2D eigenvalue weighted by atomic mass is 16.8. The molecule has 2 N–H and O–H groups in total. The Morgan fingerprint density at radius 2 is 2.29 bits per heavy atom. The van der Waals surface area contributed by atoms with Gasteiger partial charge in [-0.05, 0) is 6.92 Å². The van der Waals surface area contributed by atoms with Gasteiger partial charge in [-0.15, -0.1) is 0 Å². The first kappa shape index (κ1) is 6.39. The second-order valence-corrected chi connectivity index (χ2v) is 0.795. The quantitative estimate of drug-likeness (QED) is 0.276. The number of nitrogens with zero attached hydrogens (tertiary/aromatic N) is 1. The first-order valence-electron chi connectivity index (χ1n) is 1.77. The summed E-state index contributed by atoms with van der Waals surface area (Å²) in [5, 5.41) is 18.9. The molecule has 42 valence electrons. The summed E-state index contributed by atoms with van der Waals surface area (Å²) >= 11 is 0. The van der Waals surface area contributed by atoms with Gasteiger partial charge in [0.15, 0.2) is 0 Å². The van der Waals surface area contributed by atoms with Crippen molar-refractivity contribution in [2.75, 3.05) is 0 Å². The molecule has 4 nitrogen and oxygen atoms in total. The minimum atomic E-state index is -1.80. The molecule has 0 atom stereocenters. The molecule has 0 aromatic carbocycles. The molecule has 0 bridgehead atoms. The lowest BCUT2D eigenvalue weighted by atomic mass is 10.9. The van der Waals surface area contributed by atoms with Gasteiger partial charge >= 0.3 is 6.48 Å². The van der Waals surface area contributed by atoms with Crippen molar-refractivity contribution in [2.45, 2.75) is 13.4 Å². The summed E-state index contributed by atoms with van der Waals surface area (Å²) in [5.74, 6) is 0. The number of oxime groups is 1. The highest BCUT2D eigenvalue weighted by Crippen LogP contribution is 1.76. The minimum Gasteiger partial charge on any atom is -0.336 e. The Bertz CT molecular complexity index is 61.2. The summed E-state index contributed by atoms with van der Waals surface area (Å²) in [4.78, 5) is 3.87. The van der Waals surface area contributed by atoms with Crippen LogP contribution in [0.5, 0.6) is 0 Å². The van der Waals surface area contributed by atoms with Gasteiger partial charge in [-0.1, -0.05) is 5.16 Å². The van der Waals surface area contributed by atoms with E-state index in [0.717, 1.165) is 0 Å². The van der Waals surface area contributed by atoms with Crippen molar-refractivity contribution >= 4 is 6.21 Å². The summed E-state index contributed by atoms with van der Waals surface area (Å²) in [7, 11) is 0. The molecule has 0 aliphatic heterocycles. The van der Waals surface area contributed by atoms with Crippen molar-refractivity contribution in [1.29, 1.82) is 0 Å². The Labute approximate surface area is 41.0 Å². The third-order valence-corrected chi connectivity index (χ3v) is 0.261. The molecular weight excluding hydrogens is 98.0 g/mol. The molecule has 0 aliphatic rings. The predicted octanol–water partition coefficient (Wildman–Crippen LogP) is -0.723. The van der Waals surface area contributed by atoms with Crippen molar-refractivity contribution in [1.82, 2.24) is 0 Å². The van der Waals surface area contributed by atoms with Gasteiger partial charge in [0.25, 0.3) is 0 Å². The van der Waals surface area contributed by atoms with Gasteiger partial charge < -0.3 is 15.1 Å². The number of aliphatic hydroxyl groups is 2. The summed E-state index contributed by atoms with van der Waals surface area (Å²) < 4.78 is 0. The van der Waals surface area contributed by atoms with E-state index in [1.165, 1.54) is 6.21 Å². The van der Waals surface area contributed by atoms with E-state index < -0.39 is 6.48 Å². The predicted molar refractivity (Wildman–Crippen MR) is 23.5 cm³/mol. The van der Waals surface area contributed by atoms with Crippen LogP contribution >= 0.6 is 0 Å². The topological polar surface area (TPSA) is 62.0 Å². The van der Waals surface area contributed by atoms with Crippen molar-refractivity contribution in [3.63, 3.8) is 0 Å². The Hall–Kier alpha value is -0.610. The summed E-state index contributed by atoms with van der Waals surface area (Å²) in [6.07, 6.45) is 1.31. The standard InChI is InChI=1S/C3H7NO3/c1-2-4-7-3(5)6/h2-3,5-6H,1H3/b4-2+. The lowest BCUT2D eigenvalue weighted by molar-refractivity contribution is -0.233.